The molecular formula is C29H34N3O3PS. The highest BCUT2D eigenvalue weighted by atomic mass is 32.2. The van der Waals surface area contributed by atoms with Gasteiger partial charge in [-0.25, -0.2) is 9.67 Å². The second kappa shape index (κ2) is 12.7. The van der Waals surface area contributed by atoms with Gasteiger partial charge in [0.25, 0.3) is 0 Å². The summed E-state index contributed by atoms with van der Waals surface area (Å²) in [6.45, 7) is 4.36. The molecule has 194 valence electrons. The van der Waals surface area contributed by atoms with Crippen LogP contribution in [0, 0.1) is 0 Å². The molecule has 0 aliphatic heterocycles. The molecule has 0 radical (unpaired) electrons. The van der Waals surface area contributed by atoms with Crippen LogP contribution in [0.3, 0.4) is 0 Å². The Balaban J connectivity index is 1.80. The van der Waals surface area contributed by atoms with Gasteiger partial charge in [0.2, 0.25) is 0 Å². The Hall–Kier alpha value is -2.70. The number of hydrogen-bond acceptors (Lipinski definition) is 6. The quantitative estimate of drug-likeness (QED) is 0.133. The van der Waals surface area contributed by atoms with Gasteiger partial charge in [0.05, 0.1) is 24.6 Å². The van der Waals surface area contributed by atoms with Crippen LogP contribution >= 0.6 is 19.4 Å². The van der Waals surface area contributed by atoms with E-state index >= 15 is 0 Å². The molecule has 0 fully saturated rings. The van der Waals surface area contributed by atoms with Crippen LogP contribution in [-0.2, 0) is 19.2 Å². The fourth-order valence-electron chi connectivity index (χ4n) is 4.71. The van der Waals surface area contributed by atoms with Crippen LogP contribution in [0.2, 0.25) is 0 Å². The Morgan fingerprint density at radius 3 is 1.70 bits per heavy atom. The largest absolute Gasteiger partial charge is 0.330 e. The van der Waals surface area contributed by atoms with Crippen LogP contribution in [0.1, 0.15) is 48.0 Å². The zero-order valence-electron chi connectivity index (χ0n) is 21.6. The van der Waals surface area contributed by atoms with Crippen molar-refractivity contribution >= 4 is 19.4 Å². The van der Waals surface area contributed by atoms with E-state index < -0.39 is 13.1 Å². The van der Waals surface area contributed by atoms with Crippen LogP contribution in [-0.4, -0.2) is 40.4 Å². The molecule has 1 unspecified atom stereocenters. The molecule has 0 saturated carbocycles. The SMILES string of the molecule is CCOP(=O)(CCC(SC)c1ncn(C(c2ccccc2)(c2ccccc2)c2ccccc2)n1)OCC. The van der Waals surface area contributed by atoms with Crippen molar-refractivity contribution in [3.8, 4) is 0 Å². The van der Waals surface area contributed by atoms with E-state index in [9.17, 15) is 4.57 Å². The average Bonchev–Trinajstić information content (AvgIpc) is 3.42. The molecular weight excluding hydrogens is 501 g/mol. The maximum atomic E-state index is 13.1. The zero-order valence-corrected chi connectivity index (χ0v) is 23.3. The Morgan fingerprint density at radius 2 is 1.30 bits per heavy atom. The normalized spacial score (nSPS) is 12.9. The Labute approximate surface area is 224 Å². The molecule has 1 heterocycles. The number of benzene rings is 3. The van der Waals surface area contributed by atoms with Crippen LogP contribution < -0.4 is 0 Å². The monoisotopic (exact) mass is 535 g/mol. The lowest BCUT2D eigenvalue weighted by Gasteiger charge is -2.36. The lowest BCUT2D eigenvalue weighted by molar-refractivity contribution is 0.219. The minimum Gasteiger partial charge on any atom is -0.309 e. The Bertz CT molecular complexity index is 1180. The molecule has 0 bridgehead atoms. The summed E-state index contributed by atoms with van der Waals surface area (Å²) in [5.41, 5.74) is 2.54. The first-order valence-electron chi connectivity index (χ1n) is 12.6. The highest BCUT2D eigenvalue weighted by Gasteiger charge is 2.40. The van der Waals surface area contributed by atoms with Gasteiger partial charge in [-0.05, 0) is 43.2 Å². The van der Waals surface area contributed by atoms with Crippen molar-refractivity contribution < 1.29 is 13.6 Å². The van der Waals surface area contributed by atoms with Crippen molar-refractivity contribution in [3.05, 3.63) is 120 Å². The van der Waals surface area contributed by atoms with Gasteiger partial charge in [0.15, 0.2) is 5.82 Å². The van der Waals surface area contributed by atoms with Gasteiger partial charge in [-0.3, -0.25) is 4.57 Å². The molecule has 0 aliphatic carbocycles. The smallest absolute Gasteiger partial charge is 0.309 e. The van der Waals surface area contributed by atoms with E-state index in [-0.39, 0.29) is 5.25 Å². The number of aromatic nitrogens is 3. The number of nitrogens with zero attached hydrogens (tertiary/aromatic N) is 3. The Kier molecular flexibility index (Phi) is 9.38. The highest BCUT2D eigenvalue weighted by Crippen LogP contribution is 2.50. The maximum absolute atomic E-state index is 13.1. The van der Waals surface area contributed by atoms with E-state index in [1.165, 1.54) is 0 Å². The molecule has 4 aromatic rings. The fraction of sp³-hybridized carbons (Fsp3) is 0.310. The molecule has 0 amide bonds. The predicted molar refractivity (Wildman–Crippen MR) is 151 cm³/mol. The summed E-state index contributed by atoms with van der Waals surface area (Å²) in [7, 11) is -3.15. The first-order chi connectivity index (χ1) is 18.1. The third kappa shape index (κ3) is 5.91. The Morgan fingerprint density at radius 1 is 0.838 bits per heavy atom. The molecule has 0 spiro atoms. The number of hydrogen-bond donors (Lipinski definition) is 0. The van der Waals surface area contributed by atoms with Crippen LogP contribution in [0.15, 0.2) is 97.3 Å². The van der Waals surface area contributed by atoms with E-state index in [0.29, 0.717) is 31.6 Å². The third-order valence-corrected chi connectivity index (χ3v) is 9.44. The molecule has 1 atom stereocenters. The first kappa shape index (κ1) is 27.3. The first-order valence-corrected chi connectivity index (χ1v) is 15.6. The average molecular weight is 536 g/mol. The van der Waals surface area contributed by atoms with Crippen molar-refractivity contribution in [3.63, 3.8) is 0 Å². The van der Waals surface area contributed by atoms with E-state index in [4.69, 9.17) is 19.1 Å². The molecule has 3 aromatic carbocycles. The van der Waals surface area contributed by atoms with E-state index in [1.807, 2.05) is 49.3 Å². The third-order valence-electron chi connectivity index (χ3n) is 6.32. The molecule has 0 saturated heterocycles. The second-order valence-corrected chi connectivity index (χ2v) is 11.8. The fourth-order valence-corrected chi connectivity index (χ4v) is 7.25. The lowest BCUT2D eigenvalue weighted by atomic mass is 9.77. The molecule has 0 N–H and O–H groups in total. The summed E-state index contributed by atoms with van der Waals surface area (Å²) in [5, 5.41) is 5.03. The summed E-state index contributed by atoms with van der Waals surface area (Å²) in [4.78, 5) is 4.78. The van der Waals surface area contributed by atoms with Crippen molar-refractivity contribution in [1.82, 2.24) is 14.8 Å². The van der Waals surface area contributed by atoms with Gasteiger partial charge >= 0.3 is 7.60 Å². The summed E-state index contributed by atoms with van der Waals surface area (Å²) in [5.74, 6) is 0.694. The van der Waals surface area contributed by atoms with Crippen molar-refractivity contribution in [2.45, 2.75) is 31.1 Å². The topological polar surface area (TPSA) is 66.2 Å². The molecule has 8 heteroatoms. The number of rotatable bonds is 13. The van der Waals surface area contributed by atoms with E-state index in [2.05, 4.69) is 72.8 Å². The summed E-state index contributed by atoms with van der Waals surface area (Å²) in [6, 6.07) is 31.2. The van der Waals surface area contributed by atoms with E-state index in [0.717, 1.165) is 16.7 Å². The van der Waals surface area contributed by atoms with Crippen molar-refractivity contribution in [1.29, 1.82) is 0 Å². The van der Waals surface area contributed by atoms with Gasteiger partial charge in [0.1, 0.15) is 11.9 Å². The minimum atomic E-state index is -3.15. The summed E-state index contributed by atoms with van der Waals surface area (Å²) < 4.78 is 26.1. The molecule has 37 heavy (non-hydrogen) atoms. The molecule has 6 nitrogen and oxygen atoms in total. The minimum absolute atomic E-state index is 0.0597. The summed E-state index contributed by atoms with van der Waals surface area (Å²) >= 11 is 1.64. The van der Waals surface area contributed by atoms with Gasteiger partial charge in [-0.2, -0.15) is 16.9 Å². The maximum Gasteiger partial charge on any atom is 0.330 e. The molecule has 0 aliphatic rings. The van der Waals surface area contributed by atoms with Gasteiger partial charge in [-0.15, -0.1) is 0 Å². The van der Waals surface area contributed by atoms with Gasteiger partial charge in [-0.1, -0.05) is 91.0 Å². The van der Waals surface area contributed by atoms with E-state index in [1.54, 1.807) is 11.8 Å². The van der Waals surface area contributed by atoms with Crippen LogP contribution in [0.5, 0.6) is 0 Å². The highest BCUT2D eigenvalue weighted by molar-refractivity contribution is 7.98. The van der Waals surface area contributed by atoms with Crippen LogP contribution in [0.4, 0.5) is 0 Å². The number of thioether (sulfide) groups is 1. The van der Waals surface area contributed by atoms with Crippen molar-refractivity contribution in [2.24, 2.45) is 0 Å². The standard InChI is InChI=1S/C29H34N3O3PS/c1-4-34-36(33,35-5-2)22-21-27(37-3)28-30-23-32(31-28)29(24-15-9-6-10-16-24,25-17-11-7-12-18-25)26-19-13-8-14-20-26/h6-20,23,27H,4-5,21-22H2,1-3H3. The molecule has 4 rings (SSSR count). The lowest BCUT2D eigenvalue weighted by Crippen LogP contribution is -2.38. The van der Waals surface area contributed by atoms with Crippen molar-refractivity contribution in [2.75, 3.05) is 25.6 Å². The zero-order chi connectivity index (χ0) is 26.1. The molecule has 1 aromatic heterocycles. The summed E-state index contributed by atoms with van der Waals surface area (Å²) in [6.07, 6.45) is 4.74. The van der Waals surface area contributed by atoms with Gasteiger partial charge in [0, 0.05) is 0 Å². The predicted octanol–water partition coefficient (Wildman–Crippen LogP) is 7.18. The second-order valence-electron chi connectivity index (χ2n) is 8.54. The van der Waals surface area contributed by atoms with Crippen LogP contribution in [0.25, 0.3) is 0 Å². The van der Waals surface area contributed by atoms with Gasteiger partial charge < -0.3 is 9.05 Å².